The van der Waals surface area contributed by atoms with Crippen molar-refractivity contribution in [2.45, 2.75) is 64.0 Å². The Bertz CT molecular complexity index is 890. The van der Waals surface area contributed by atoms with E-state index in [0.29, 0.717) is 30.8 Å². The van der Waals surface area contributed by atoms with Crippen LogP contribution in [-0.4, -0.2) is 66.9 Å². The number of likely N-dealkylation sites (N-methyl/N-ethyl adjacent to an activating group) is 1. The van der Waals surface area contributed by atoms with Crippen LogP contribution in [0.4, 0.5) is 0 Å². The summed E-state index contributed by atoms with van der Waals surface area (Å²) in [5.41, 5.74) is 0.564. The van der Waals surface area contributed by atoms with Crippen molar-refractivity contribution in [3.05, 3.63) is 35.9 Å². The molecule has 0 unspecified atom stereocenters. The van der Waals surface area contributed by atoms with Gasteiger partial charge in [0.15, 0.2) is 0 Å². The Kier molecular flexibility index (Phi) is 7.14. The molecule has 2 amide bonds. The van der Waals surface area contributed by atoms with Gasteiger partial charge in [0.25, 0.3) is 0 Å². The first-order chi connectivity index (χ1) is 16.9. The maximum atomic E-state index is 13.6. The maximum Gasteiger partial charge on any atom is 0.328 e. The van der Waals surface area contributed by atoms with E-state index in [-0.39, 0.29) is 36.7 Å². The second-order valence-corrected chi connectivity index (χ2v) is 11.5. The zero-order chi connectivity index (χ0) is 24.4. The minimum absolute atomic E-state index is 0.00491. The number of carbonyl (C=O) groups is 3. The van der Waals surface area contributed by atoms with Crippen molar-refractivity contribution in [1.29, 1.82) is 0 Å². The first-order valence-corrected chi connectivity index (χ1v) is 13.4. The smallest absolute Gasteiger partial charge is 0.328 e. The number of nitrogens with one attached hydrogen (secondary N) is 1. The Morgan fingerprint density at radius 1 is 0.971 bits per heavy atom. The molecule has 5 fully saturated rings. The van der Waals surface area contributed by atoms with Crippen molar-refractivity contribution in [2.75, 3.05) is 33.2 Å². The highest BCUT2D eigenvalue weighted by Gasteiger charge is 2.55. The highest BCUT2D eigenvalue weighted by atomic mass is 16.5. The molecule has 6 rings (SSSR count). The maximum absolute atomic E-state index is 13.6. The highest BCUT2D eigenvalue weighted by Crippen LogP contribution is 2.60. The first kappa shape index (κ1) is 24.3. The number of hydrogen-bond donors (Lipinski definition) is 1. The lowest BCUT2D eigenvalue weighted by molar-refractivity contribution is -0.155. The van der Waals surface area contributed by atoms with Crippen LogP contribution in [0, 0.1) is 23.2 Å². The Hall–Kier alpha value is -2.41. The lowest BCUT2D eigenvalue weighted by Gasteiger charge is -2.55. The molecule has 1 aliphatic heterocycles. The third-order valence-corrected chi connectivity index (χ3v) is 8.84. The molecule has 1 saturated heterocycles. The lowest BCUT2D eigenvalue weighted by atomic mass is 9.49. The molecule has 0 aromatic heterocycles. The largest absolute Gasteiger partial charge is 0.459 e. The molecule has 190 valence electrons. The number of esters is 1. The number of benzene rings is 1. The summed E-state index contributed by atoms with van der Waals surface area (Å²) < 4.78 is 5.62. The minimum Gasteiger partial charge on any atom is -0.459 e. The standard InChI is InChI=1S/C28H39N3O4/c1-30-9-11-31(12-10-30)25(32)8-7-24(26(33)35-19-20-5-3-2-4-6-20)29-27(34)28-16-21-13-22(17-28)15-23(14-21)18-28/h2-6,21-24H,7-19H2,1H3,(H,29,34)/t21?,22?,23?,24-,28?/m0/s1. The molecule has 7 nitrogen and oxygen atoms in total. The van der Waals surface area contributed by atoms with Crippen molar-refractivity contribution in [1.82, 2.24) is 15.1 Å². The molecule has 1 atom stereocenters. The fourth-order valence-electron chi connectivity index (χ4n) is 7.26. The fourth-order valence-corrected chi connectivity index (χ4v) is 7.26. The number of ether oxygens (including phenoxy) is 1. The van der Waals surface area contributed by atoms with Gasteiger partial charge >= 0.3 is 5.97 Å². The van der Waals surface area contributed by atoms with Gasteiger partial charge in [-0.1, -0.05) is 30.3 Å². The topological polar surface area (TPSA) is 79.0 Å². The van der Waals surface area contributed by atoms with E-state index in [1.165, 1.54) is 19.3 Å². The SMILES string of the molecule is CN1CCN(C(=O)CC[C@H](NC(=O)C23CC4CC(CC(C4)C2)C3)C(=O)OCc2ccccc2)CC1. The van der Waals surface area contributed by atoms with Gasteiger partial charge < -0.3 is 19.9 Å². The molecule has 4 saturated carbocycles. The van der Waals surface area contributed by atoms with E-state index in [1.807, 2.05) is 35.2 Å². The minimum atomic E-state index is -0.796. The second kappa shape index (κ2) is 10.3. The molecule has 1 N–H and O–H groups in total. The molecule has 5 aliphatic rings. The quantitative estimate of drug-likeness (QED) is 0.578. The van der Waals surface area contributed by atoms with Gasteiger partial charge in [-0.05, 0) is 75.3 Å². The summed E-state index contributed by atoms with van der Waals surface area (Å²) in [5.74, 6) is 1.55. The van der Waals surface area contributed by atoms with E-state index in [0.717, 1.165) is 37.9 Å². The molecule has 7 heteroatoms. The van der Waals surface area contributed by atoms with Gasteiger partial charge in [0.2, 0.25) is 11.8 Å². The summed E-state index contributed by atoms with van der Waals surface area (Å²) in [7, 11) is 2.06. The normalized spacial score (nSPS) is 30.7. The van der Waals surface area contributed by atoms with Crippen molar-refractivity contribution in [2.24, 2.45) is 23.2 Å². The second-order valence-electron chi connectivity index (χ2n) is 11.5. The zero-order valence-corrected chi connectivity index (χ0v) is 20.9. The van der Waals surface area contributed by atoms with E-state index in [1.54, 1.807) is 0 Å². The fraction of sp³-hybridized carbons (Fsp3) is 0.679. The van der Waals surface area contributed by atoms with E-state index < -0.39 is 12.0 Å². The Labute approximate surface area is 208 Å². The van der Waals surface area contributed by atoms with Crippen LogP contribution < -0.4 is 5.32 Å². The number of hydrogen-bond acceptors (Lipinski definition) is 5. The molecule has 1 aromatic rings. The van der Waals surface area contributed by atoms with Gasteiger partial charge in [-0.2, -0.15) is 0 Å². The zero-order valence-electron chi connectivity index (χ0n) is 20.9. The van der Waals surface area contributed by atoms with Crippen LogP contribution in [0.1, 0.15) is 56.9 Å². The van der Waals surface area contributed by atoms with E-state index >= 15 is 0 Å². The highest BCUT2D eigenvalue weighted by molar-refractivity contribution is 5.89. The van der Waals surface area contributed by atoms with Crippen LogP contribution in [0.3, 0.4) is 0 Å². The third-order valence-electron chi connectivity index (χ3n) is 8.84. The molecule has 4 bridgehead atoms. The van der Waals surface area contributed by atoms with Crippen molar-refractivity contribution in [3.8, 4) is 0 Å². The van der Waals surface area contributed by atoms with Gasteiger partial charge in [0, 0.05) is 38.0 Å². The van der Waals surface area contributed by atoms with E-state index in [4.69, 9.17) is 4.74 Å². The van der Waals surface area contributed by atoms with Gasteiger partial charge in [-0.3, -0.25) is 9.59 Å². The molecule has 0 spiro atoms. The lowest BCUT2D eigenvalue weighted by Crippen LogP contribution is -2.56. The number of rotatable bonds is 8. The molecule has 0 radical (unpaired) electrons. The Morgan fingerprint density at radius 2 is 1.57 bits per heavy atom. The van der Waals surface area contributed by atoms with Crippen LogP contribution in [0.2, 0.25) is 0 Å². The van der Waals surface area contributed by atoms with Crippen LogP contribution in [0.15, 0.2) is 30.3 Å². The summed E-state index contributed by atoms with van der Waals surface area (Å²) in [6.07, 6.45) is 7.11. The molecular formula is C28H39N3O4. The van der Waals surface area contributed by atoms with Crippen LogP contribution >= 0.6 is 0 Å². The summed E-state index contributed by atoms with van der Waals surface area (Å²) >= 11 is 0. The Morgan fingerprint density at radius 3 is 2.17 bits per heavy atom. The predicted octanol–water partition coefficient (Wildman–Crippen LogP) is 2.99. The first-order valence-electron chi connectivity index (χ1n) is 13.4. The summed E-state index contributed by atoms with van der Waals surface area (Å²) in [6.45, 7) is 3.29. The number of piperazine rings is 1. The van der Waals surface area contributed by atoms with Gasteiger partial charge in [-0.15, -0.1) is 0 Å². The monoisotopic (exact) mass is 481 g/mol. The number of nitrogens with zero attached hydrogens (tertiary/aromatic N) is 2. The summed E-state index contributed by atoms with van der Waals surface area (Å²) in [4.78, 5) is 43.7. The van der Waals surface area contributed by atoms with Crippen LogP contribution in [0.25, 0.3) is 0 Å². The van der Waals surface area contributed by atoms with Crippen molar-refractivity contribution >= 4 is 17.8 Å². The van der Waals surface area contributed by atoms with E-state index in [2.05, 4.69) is 17.3 Å². The average Bonchev–Trinajstić information content (AvgIpc) is 2.85. The van der Waals surface area contributed by atoms with E-state index in [9.17, 15) is 14.4 Å². The third kappa shape index (κ3) is 5.55. The number of amides is 2. The molecular weight excluding hydrogens is 442 g/mol. The molecule has 1 aromatic carbocycles. The predicted molar refractivity (Wildman–Crippen MR) is 132 cm³/mol. The van der Waals surface area contributed by atoms with Crippen molar-refractivity contribution in [3.63, 3.8) is 0 Å². The van der Waals surface area contributed by atoms with Crippen LogP contribution in [-0.2, 0) is 25.7 Å². The molecule has 1 heterocycles. The average molecular weight is 482 g/mol. The van der Waals surface area contributed by atoms with Gasteiger partial charge in [-0.25, -0.2) is 4.79 Å². The Balaban J connectivity index is 1.23. The van der Waals surface area contributed by atoms with Crippen LogP contribution in [0.5, 0.6) is 0 Å². The molecule has 35 heavy (non-hydrogen) atoms. The summed E-state index contributed by atoms with van der Waals surface area (Å²) in [6, 6.07) is 8.76. The number of carbonyl (C=O) groups excluding carboxylic acids is 3. The van der Waals surface area contributed by atoms with Crippen molar-refractivity contribution < 1.29 is 19.1 Å². The molecule has 4 aliphatic carbocycles. The van der Waals surface area contributed by atoms with Gasteiger partial charge in [0.05, 0.1) is 0 Å². The van der Waals surface area contributed by atoms with Gasteiger partial charge in [0.1, 0.15) is 12.6 Å². The summed E-state index contributed by atoms with van der Waals surface area (Å²) in [5, 5.41) is 3.08.